The zero-order chi connectivity index (χ0) is 25.1. The molecule has 0 saturated heterocycles. The minimum absolute atomic E-state index is 0.171. The smallest absolute Gasteiger partial charge is 0.0543 e. The van der Waals surface area contributed by atoms with Crippen LogP contribution in [0.4, 0.5) is 17.1 Å². The lowest BCUT2D eigenvalue weighted by atomic mass is 9.81. The van der Waals surface area contributed by atoms with Gasteiger partial charge in [-0.25, -0.2) is 0 Å². The molecule has 0 fully saturated rings. The molecule has 0 bridgehead atoms. The first-order valence-electron chi connectivity index (χ1n) is 12.7. The summed E-state index contributed by atoms with van der Waals surface area (Å²) in [6.07, 6.45) is 0. The van der Waals surface area contributed by atoms with Gasteiger partial charge < -0.3 is 4.90 Å². The molecular formula is C35H26ClN. The van der Waals surface area contributed by atoms with Crippen molar-refractivity contribution in [2.75, 3.05) is 4.90 Å². The van der Waals surface area contributed by atoms with Crippen LogP contribution in [0.5, 0.6) is 0 Å². The van der Waals surface area contributed by atoms with E-state index >= 15 is 0 Å². The van der Waals surface area contributed by atoms with E-state index in [0.717, 1.165) is 10.7 Å². The Balaban J connectivity index is 1.60. The summed E-state index contributed by atoms with van der Waals surface area (Å²) < 4.78 is 0. The van der Waals surface area contributed by atoms with Gasteiger partial charge in [-0.2, -0.15) is 0 Å². The van der Waals surface area contributed by atoms with Crippen molar-refractivity contribution >= 4 is 50.2 Å². The number of nitrogens with zero attached hydrogens (tertiary/aromatic N) is 1. The van der Waals surface area contributed by atoms with Crippen LogP contribution in [0, 0.1) is 0 Å². The van der Waals surface area contributed by atoms with Crippen molar-refractivity contribution in [3.63, 3.8) is 0 Å². The summed E-state index contributed by atoms with van der Waals surface area (Å²) in [6, 6.07) is 43.5. The Kier molecular flexibility index (Phi) is 4.93. The van der Waals surface area contributed by atoms with Crippen LogP contribution in [0.3, 0.4) is 0 Å². The van der Waals surface area contributed by atoms with Gasteiger partial charge in [0.25, 0.3) is 0 Å². The van der Waals surface area contributed by atoms with Crippen molar-refractivity contribution < 1.29 is 0 Å². The van der Waals surface area contributed by atoms with Gasteiger partial charge in [-0.3, -0.25) is 0 Å². The molecular weight excluding hydrogens is 470 g/mol. The van der Waals surface area contributed by atoms with Gasteiger partial charge in [0.15, 0.2) is 0 Å². The van der Waals surface area contributed by atoms with Crippen LogP contribution in [0.2, 0.25) is 5.02 Å². The SMILES string of the molecule is CC1(C)c2cc(Cl)ccc2-c2c1cc(N(c1ccccc1)c1cccc3ccccc13)c1ccccc21. The summed E-state index contributed by atoms with van der Waals surface area (Å²) >= 11 is 6.50. The molecule has 37 heavy (non-hydrogen) atoms. The topological polar surface area (TPSA) is 3.24 Å². The summed E-state index contributed by atoms with van der Waals surface area (Å²) in [5.74, 6) is 0. The maximum atomic E-state index is 6.50. The van der Waals surface area contributed by atoms with E-state index in [-0.39, 0.29) is 5.41 Å². The highest BCUT2D eigenvalue weighted by Gasteiger charge is 2.38. The lowest BCUT2D eigenvalue weighted by Crippen LogP contribution is -2.17. The van der Waals surface area contributed by atoms with Crippen molar-refractivity contribution in [2.45, 2.75) is 19.3 Å². The molecule has 0 saturated carbocycles. The molecule has 2 heteroatoms. The Hall–Kier alpha value is -4.07. The molecule has 0 aromatic heterocycles. The van der Waals surface area contributed by atoms with Crippen molar-refractivity contribution in [1.29, 1.82) is 0 Å². The molecule has 0 spiro atoms. The fourth-order valence-electron chi connectivity index (χ4n) is 6.11. The van der Waals surface area contributed by atoms with Gasteiger partial charge in [0, 0.05) is 26.9 Å². The second kappa shape index (κ2) is 8.23. The van der Waals surface area contributed by atoms with Crippen LogP contribution in [0.1, 0.15) is 25.0 Å². The minimum atomic E-state index is -0.171. The fraction of sp³-hybridized carbons (Fsp3) is 0.0857. The normalized spacial score (nSPS) is 13.5. The maximum absolute atomic E-state index is 6.50. The number of hydrogen-bond donors (Lipinski definition) is 0. The molecule has 0 heterocycles. The fourth-order valence-corrected chi connectivity index (χ4v) is 6.28. The molecule has 6 aromatic carbocycles. The van der Waals surface area contributed by atoms with Gasteiger partial charge in [-0.15, -0.1) is 0 Å². The zero-order valence-electron chi connectivity index (χ0n) is 20.9. The number of benzene rings is 6. The van der Waals surface area contributed by atoms with Crippen molar-refractivity contribution in [2.24, 2.45) is 0 Å². The van der Waals surface area contributed by atoms with Crippen molar-refractivity contribution in [3.8, 4) is 11.1 Å². The molecule has 0 amide bonds. The first-order valence-corrected chi connectivity index (χ1v) is 13.1. The molecule has 0 radical (unpaired) electrons. The average molecular weight is 496 g/mol. The van der Waals surface area contributed by atoms with Crippen LogP contribution in [0.15, 0.2) is 121 Å². The molecule has 6 aromatic rings. The number of anilines is 3. The molecule has 178 valence electrons. The predicted molar refractivity (Wildman–Crippen MR) is 159 cm³/mol. The number of hydrogen-bond acceptors (Lipinski definition) is 1. The highest BCUT2D eigenvalue weighted by atomic mass is 35.5. The summed E-state index contributed by atoms with van der Waals surface area (Å²) in [6.45, 7) is 4.63. The quantitative estimate of drug-likeness (QED) is 0.236. The minimum Gasteiger partial charge on any atom is -0.309 e. The lowest BCUT2D eigenvalue weighted by molar-refractivity contribution is 0.661. The molecule has 1 aliphatic carbocycles. The Labute approximate surface area is 222 Å². The average Bonchev–Trinajstić information content (AvgIpc) is 3.15. The van der Waals surface area contributed by atoms with Gasteiger partial charge in [-0.05, 0) is 69.4 Å². The van der Waals surface area contributed by atoms with E-state index in [9.17, 15) is 0 Å². The van der Waals surface area contributed by atoms with Gasteiger partial charge >= 0.3 is 0 Å². The Bertz CT molecular complexity index is 1810. The number of fused-ring (bicyclic) bond motifs is 6. The van der Waals surface area contributed by atoms with Gasteiger partial charge in [-0.1, -0.05) is 110 Å². The van der Waals surface area contributed by atoms with Crippen LogP contribution >= 0.6 is 11.6 Å². The summed E-state index contributed by atoms with van der Waals surface area (Å²) in [4.78, 5) is 2.43. The Morgan fingerprint density at radius 2 is 1.24 bits per heavy atom. The van der Waals surface area contributed by atoms with Crippen molar-refractivity contribution in [1.82, 2.24) is 0 Å². The first-order chi connectivity index (χ1) is 18.0. The van der Waals surface area contributed by atoms with E-state index in [1.54, 1.807) is 0 Å². The van der Waals surface area contributed by atoms with E-state index in [1.807, 2.05) is 6.07 Å². The Morgan fingerprint density at radius 3 is 2.05 bits per heavy atom. The van der Waals surface area contributed by atoms with Gasteiger partial charge in [0.05, 0.1) is 11.4 Å². The van der Waals surface area contributed by atoms with E-state index < -0.39 is 0 Å². The maximum Gasteiger partial charge on any atom is 0.0543 e. The highest BCUT2D eigenvalue weighted by Crippen LogP contribution is 2.55. The summed E-state index contributed by atoms with van der Waals surface area (Å²) in [7, 11) is 0. The monoisotopic (exact) mass is 495 g/mol. The molecule has 0 aliphatic heterocycles. The second-order valence-electron chi connectivity index (χ2n) is 10.3. The van der Waals surface area contributed by atoms with Crippen LogP contribution in [-0.4, -0.2) is 0 Å². The lowest BCUT2D eigenvalue weighted by Gasteiger charge is -2.30. The van der Waals surface area contributed by atoms with E-state index in [2.05, 4.69) is 134 Å². The highest BCUT2D eigenvalue weighted by molar-refractivity contribution is 6.31. The third-order valence-corrected chi connectivity index (χ3v) is 8.12. The second-order valence-corrected chi connectivity index (χ2v) is 10.8. The molecule has 1 nitrogen and oxygen atoms in total. The van der Waals surface area contributed by atoms with E-state index in [0.29, 0.717) is 0 Å². The van der Waals surface area contributed by atoms with Crippen LogP contribution in [-0.2, 0) is 5.41 Å². The largest absolute Gasteiger partial charge is 0.309 e. The molecule has 0 N–H and O–H groups in total. The number of para-hydroxylation sites is 1. The molecule has 0 unspecified atom stereocenters. The molecule has 1 aliphatic rings. The van der Waals surface area contributed by atoms with Gasteiger partial charge in [0.1, 0.15) is 0 Å². The van der Waals surface area contributed by atoms with Crippen molar-refractivity contribution in [3.05, 3.63) is 137 Å². The third kappa shape index (κ3) is 3.31. The predicted octanol–water partition coefficient (Wildman–Crippen LogP) is 10.4. The standard InChI is InChI=1S/C35H26ClN/c1-35(2)30-21-24(36)19-20-29(30)34-28-17-9-8-16-27(28)33(22-31(34)35)37(25-13-4-3-5-14-25)32-18-10-12-23-11-6-7-15-26(23)32/h3-22H,1-2H3. The van der Waals surface area contributed by atoms with E-state index in [4.69, 9.17) is 11.6 Å². The third-order valence-electron chi connectivity index (χ3n) is 7.88. The zero-order valence-corrected chi connectivity index (χ0v) is 21.6. The molecule has 7 rings (SSSR count). The van der Waals surface area contributed by atoms with Crippen LogP contribution in [0.25, 0.3) is 32.7 Å². The Morgan fingerprint density at radius 1 is 0.568 bits per heavy atom. The van der Waals surface area contributed by atoms with Crippen LogP contribution < -0.4 is 4.90 Å². The molecule has 0 atom stereocenters. The number of halogens is 1. The summed E-state index contributed by atoms with van der Waals surface area (Å²) in [5, 5.41) is 5.74. The van der Waals surface area contributed by atoms with E-state index in [1.165, 1.54) is 55.2 Å². The summed E-state index contributed by atoms with van der Waals surface area (Å²) in [5.41, 5.74) is 8.55. The number of rotatable bonds is 3. The van der Waals surface area contributed by atoms with Gasteiger partial charge in [0.2, 0.25) is 0 Å². The first kappa shape index (κ1) is 22.2.